The summed E-state index contributed by atoms with van der Waals surface area (Å²) in [6.07, 6.45) is 2.16. The third-order valence-corrected chi connectivity index (χ3v) is 6.88. The third kappa shape index (κ3) is 5.49. The molecule has 0 saturated carbocycles. The van der Waals surface area contributed by atoms with Gasteiger partial charge < -0.3 is 5.73 Å². The molecular weight excluding hydrogens is 418 g/mol. The second kappa shape index (κ2) is 9.94. The minimum absolute atomic E-state index is 0.0287. The summed E-state index contributed by atoms with van der Waals surface area (Å²) in [4.78, 5) is 12.1. The molecule has 1 amide bonds. The second-order valence-corrected chi connectivity index (χ2v) is 9.33. The highest BCUT2D eigenvalue weighted by molar-refractivity contribution is 7.98. The lowest BCUT2D eigenvalue weighted by molar-refractivity contribution is -0.121. The van der Waals surface area contributed by atoms with Gasteiger partial charge in [-0.1, -0.05) is 23.7 Å². The summed E-state index contributed by atoms with van der Waals surface area (Å²) in [5.41, 5.74) is 6.67. The van der Waals surface area contributed by atoms with Crippen molar-refractivity contribution in [3.05, 3.63) is 64.7 Å². The van der Waals surface area contributed by atoms with Crippen LogP contribution < -0.4 is 5.73 Å². The fraction of sp³-hybridized carbons (Fsp3) is 0.263. The van der Waals surface area contributed by atoms with E-state index in [9.17, 15) is 13.2 Å². The highest BCUT2D eigenvalue weighted by atomic mass is 35.5. The molecule has 2 aromatic rings. The summed E-state index contributed by atoms with van der Waals surface area (Å²) < 4.78 is 27.7. The number of nitriles is 1. The van der Waals surface area contributed by atoms with E-state index in [1.54, 1.807) is 24.3 Å². The number of sulfonamides is 1. The van der Waals surface area contributed by atoms with Crippen molar-refractivity contribution in [1.29, 1.82) is 5.26 Å². The molecule has 28 heavy (non-hydrogen) atoms. The van der Waals surface area contributed by atoms with Crippen LogP contribution in [0, 0.1) is 11.3 Å². The van der Waals surface area contributed by atoms with Crippen LogP contribution in [-0.4, -0.2) is 36.7 Å². The Morgan fingerprint density at radius 1 is 1.21 bits per heavy atom. The fourth-order valence-electron chi connectivity index (χ4n) is 2.63. The summed E-state index contributed by atoms with van der Waals surface area (Å²) in [5.74, 6) is -0.131. The number of rotatable bonds is 9. The van der Waals surface area contributed by atoms with Crippen LogP contribution in [0.2, 0.25) is 5.02 Å². The average Bonchev–Trinajstić information content (AvgIpc) is 2.68. The first-order valence-electron chi connectivity index (χ1n) is 8.34. The smallest absolute Gasteiger partial charge is 0.244 e. The van der Waals surface area contributed by atoms with Gasteiger partial charge in [0.15, 0.2) is 0 Å². The maximum Gasteiger partial charge on any atom is 0.244 e. The molecule has 148 valence electrons. The largest absolute Gasteiger partial charge is 0.368 e. The first-order valence-corrected chi connectivity index (χ1v) is 11.6. The number of benzene rings is 2. The van der Waals surface area contributed by atoms with Crippen LogP contribution in [0.4, 0.5) is 0 Å². The molecule has 9 heteroatoms. The molecule has 0 aliphatic heterocycles. The maximum atomic E-state index is 13.3. The quantitative estimate of drug-likeness (QED) is 0.649. The lowest BCUT2D eigenvalue weighted by atomic mass is 10.1. The monoisotopic (exact) mass is 437 g/mol. The van der Waals surface area contributed by atoms with E-state index in [-0.39, 0.29) is 11.4 Å². The molecule has 0 aliphatic carbocycles. The predicted octanol–water partition coefficient (Wildman–Crippen LogP) is 3.01. The van der Waals surface area contributed by atoms with Crippen molar-refractivity contribution in [2.45, 2.75) is 23.9 Å². The zero-order valence-electron chi connectivity index (χ0n) is 15.2. The molecular formula is C19H20ClN3O3S2. The second-order valence-electron chi connectivity index (χ2n) is 6.01. The molecule has 2 rings (SSSR count). The molecule has 0 aromatic heterocycles. The summed E-state index contributed by atoms with van der Waals surface area (Å²) in [6.45, 7) is -0.0430. The Morgan fingerprint density at radius 3 is 2.32 bits per heavy atom. The van der Waals surface area contributed by atoms with Gasteiger partial charge in [-0.3, -0.25) is 4.79 Å². The molecule has 0 aliphatic rings. The number of carbonyl (C=O) groups is 1. The Kier molecular flexibility index (Phi) is 7.89. The van der Waals surface area contributed by atoms with Gasteiger partial charge >= 0.3 is 0 Å². The highest BCUT2D eigenvalue weighted by Crippen LogP contribution is 2.24. The van der Waals surface area contributed by atoms with Crippen molar-refractivity contribution < 1.29 is 13.2 Å². The van der Waals surface area contributed by atoms with Gasteiger partial charge in [0.2, 0.25) is 15.9 Å². The van der Waals surface area contributed by atoms with Gasteiger partial charge in [-0.2, -0.15) is 21.3 Å². The van der Waals surface area contributed by atoms with Crippen LogP contribution >= 0.6 is 23.4 Å². The van der Waals surface area contributed by atoms with Gasteiger partial charge in [0, 0.05) is 11.6 Å². The van der Waals surface area contributed by atoms with Gasteiger partial charge in [-0.15, -0.1) is 0 Å². The molecule has 0 bridgehead atoms. The number of nitrogens with two attached hydrogens (primary N) is 1. The summed E-state index contributed by atoms with van der Waals surface area (Å²) in [5, 5.41) is 9.35. The number of primary amides is 1. The van der Waals surface area contributed by atoms with Crippen LogP contribution in [0.15, 0.2) is 53.4 Å². The van der Waals surface area contributed by atoms with Crippen LogP contribution in [0.5, 0.6) is 0 Å². The minimum Gasteiger partial charge on any atom is -0.368 e. The molecule has 2 aromatic carbocycles. The molecule has 0 radical (unpaired) electrons. The van der Waals surface area contributed by atoms with Gasteiger partial charge in [-0.25, -0.2) is 8.42 Å². The lowest BCUT2D eigenvalue weighted by Crippen LogP contribution is -2.47. The Morgan fingerprint density at radius 2 is 1.82 bits per heavy atom. The van der Waals surface area contributed by atoms with E-state index < -0.39 is 22.0 Å². The predicted molar refractivity (Wildman–Crippen MR) is 111 cm³/mol. The van der Waals surface area contributed by atoms with E-state index in [4.69, 9.17) is 22.6 Å². The normalized spacial score (nSPS) is 12.5. The number of nitrogens with zero attached hydrogens (tertiary/aromatic N) is 2. The molecule has 1 atom stereocenters. The summed E-state index contributed by atoms with van der Waals surface area (Å²) in [6, 6.07) is 13.3. The van der Waals surface area contributed by atoms with Gasteiger partial charge in [0.05, 0.1) is 16.5 Å². The van der Waals surface area contributed by atoms with Gasteiger partial charge in [0.25, 0.3) is 0 Å². The average molecular weight is 438 g/mol. The van der Waals surface area contributed by atoms with Gasteiger partial charge in [-0.05, 0) is 60.4 Å². The Bertz CT molecular complexity index is 955. The molecule has 0 unspecified atom stereocenters. The molecule has 0 spiro atoms. The number of carbonyl (C=O) groups excluding carboxylic acids is 1. The van der Waals surface area contributed by atoms with E-state index in [0.29, 0.717) is 28.3 Å². The summed E-state index contributed by atoms with van der Waals surface area (Å²) in [7, 11) is -4.01. The zero-order chi connectivity index (χ0) is 20.7. The maximum absolute atomic E-state index is 13.3. The van der Waals surface area contributed by atoms with Crippen molar-refractivity contribution in [1.82, 2.24) is 4.31 Å². The van der Waals surface area contributed by atoms with Crippen molar-refractivity contribution in [3.63, 3.8) is 0 Å². The topological polar surface area (TPSA) is 104 Å². The number of amides is 1. The zero-order valence-corrected chi connectivity index (χ0v) is 17.6. The van der Waals surface area contributed by atoms with E-state index in [2.05, 4.69) is 0 Å². The van der Waals surface area contributed by atoms with E-state index in [1.807, 2.05) is 12.3 Å². The highest BCUT2D eigenvalue weighted by Gasteiger charge is 2.34. The van der Waals surface area contributed by atoms with E-state index >= 15 is 0 Å². The van der Waals surface area contributed by atoms with E-state index in [1.165, 1.54) is 36.0 Å². The molecule has 0 fully saturated rings. The first kappa shape index (κ1) is 22.2. The number of thioether (sulfide) groups is 1. The number of hydrogen-bond donors (Lipinski definition) is 1. The summed E-state index contributed by atoms with van der Waals surface area (Å²) >= 11 is 7.37. The third-order valence-electron chi connectivity index (χ3n) is 4.11. The van der Waals surface area contributed by atoms with Gasteiger partial charge in [0.1, 0.15) is 6.04 Å². The fourth-order valence-corrected chi connectivity index (χ4v) is 4.83. The Hall–Kier alpha value is -2.05. The van der Waals surface area contributed by atoms with Crippen molar-refractivity contribution >= 4 is 39.3 Å². The van der Waals surface area contributed by atoms with Crippen molar-refractivity contribution in [3.8, 4) is 6.07 Å². The van der Waals surface area contributed by atoms with Crippen LogP contribution in [0.25, 0.3) is 0 Å². The minimum atomic E-state index is -4.01. The Balaban J connectivity index is 2.48. The first-order chi connectivity index (χ1) is 13.3. The molecule has 2 N–H and O–H groups in total. The Labute approximate surface area is 174 Å². The molecule has 0 saturated heterocycles. The van der Waals surface area contributed by atoms with E-state index in [0.717, 1.165) is 4.31 Å². The van der Waals surface area contributed by atoms with Crippen molar-refractivity contribution in [2.24, 2.45) is 5.73 Å². The van der Waals surface area contributed by atoms with Crippen LogP contribution in [-0.2, 0) is 21.4 Å². The standard InChI is InChI=1S/C19H20ClN3O3S2/c1-27-11-10-18(19(22)24)23(13-15-4-2-14(12-21)3-5-15)28(25,26)17-8-6-16(20)7-9-17/h2-9,18H,10-11,13H2,1H3,(H2,22,24)/t18-/m1/s1. The lowest BCUT2D eigenvalue weighted by Gasteiger charge is -2.29. The molecule has 6 nitrogen and oxygen atoms in total. The SMILES string of the molecule is CSCC[C@H](C(N)=O)N(Cc1ccc(C#N)cc1)S(=O)(=O)c1ccc(Cl)cc1. The van der Waals surface area contributed by atoms with Crippen LogP contribution in [0.3, 0.4) is 0 Å². The van der Waals surface area contributed by atoms with Crippen LogP contribution in [0.1, 0.15) is 17.5 Å². The van der Waals surface area contributed by atoms with Crippen molar-refractivity contribution in [2.75, 3.05) is 12.0 Å². The number of halogens is 1. The molecule has 0 heterocycles. The number of hydrogen-bond acceptors (Lipinski definition) is 5.